The Balaban J connectivity index is 0.00000127. The van der Waals surface area contributed by atoms with Crippen LogP contribution in [0, 0.1) is 17.8 Å². The number of halogens is 1. The van der Waals surface area contributed by atoms with Crippen LogP contribution in [0.1, 0.15) is 58.4 Å². The minimum Gasteiger partial charge on any atom is -0.508 e. The Morgan fingerprint density at radius 1 is 1.30 bits per heavy atom. The van der Waals surface area contributed by atoms with Gasteiger partial charge in [0.25, 0.3) is 0 Å². The van der Waals surface area contributed by atoms with Gasteiger partial charge >= 0.3 is 0 Å². The maximum Gasteiger partial charge on any atom is 0.117 e. The number of hydrogen-bond donors (Lipinski definition) is 2. The molecule has 0 spiro atoms. The summed E-state index contributed by atoms with van der Waals surface area (Å²) in [5.41, 5.74) is 2.29. The second-order valence-corrected chi connectivity index (χ2v) is 6.80. The second kappa shape index (κ2) is 9.34. The summed E-state index contributed by atoms with van der Waals surface area (Å²) in [7, 11) is 0. The number of hydrogen-bond acceptors (Lipinski definition) is 2. The smallest absolute Gasteiger partial charge is 0.117 e. The molecule has 1 aromatic carbocycles. The van der Waals surface area contributed by atoms with E-state index in [0.717, 1.165) is 24.8 Å². The first-order valence-corrected chi connectivity index (χ1v) is 9.08. The largest absolute Gasteiger partial charge is 0.508 e. The average molecular weight is 339 g/mol. The Morgan fingerprint density at radius 3 is 2.48 bits per heavy atom. The van der Waals surface area contributed by atoms with Crippen molar-refractivity contribution in [2.45, 2.75) is 52.9 Å². The topological polar surface area (TPSA) is 40.5 Å². The van der Waals surface area contributed by atoms with Crippen molar-refractivity contribution in [1.82, 2.24) is 0 Å². The van der Waals surface area contributed by atoms with Gasteiger partial charge in [-0.3, -0.25) is 0 Å². The van der Waals surface area contributed by atoms with Gasteiger partial charge in [-0.15, -0.1) is 0 Å². The number of aliphatic hydroxyl groups excluding tert-OH is 1. The third kappa shape index (κ3) is 4.74. The van der Waals surface area contributed by atoms with Gasteiger partial charge in [-0.2, -0.15) is 0 Å². The van der Waals surface area contributed by atoms with Crippen LogP contribution >= 0.6 is 11.6 Å². The first kappa shape index (κ1) is 20.1. The molecule has 3 heteroatoms. The fourth-order valence-electron chi connectivity index (χ4n) is 4.03. The zero-order valence-corrected chi connectivity index (χ0v) is 15.6. The van der Waals surface area contributed by atoms with E-state index in [9.17, 15) is 10.2 Å². The molecule has 1 aliphatic rings. The quantitative estimate of drug-likeness (QED) is 0.683. The van der Waals surface area contributed by atoms with E-state index in [1.807, 2.05) is 19.9 Å². The van der Waals surface area contributed by atoms with Gasteiger partial charge in [0.05, 0.1) is 0 Å². The highest BCUT2D eigenvalue weighted by Gasteiger charge is 2.38. The minimum atomic E-state index is 0.206. The second-order valence-electron chi connectivity index (χ2n) is 6.39. The predicted molar refractivity (Wildman–Crippen MR) is 99.1 cm³/mol. The number of allylic oxidation sites excluding steroid dienone is 1. The van der Waals surface area contributed by atoms with E-state index in [-0.39, 0.29) is 12.4 Å². The number of rotatable bonds is 4. The lowest BCUT2D eigenvalue weighted by Crippen LogP contribution is -2.33. The van der Waals surface area contributed by atoms with E-state index in [1.165, 1.54) is 5.57 Å². The molecule has 1 saturated carbocycles. The molecule has 4 atom stereocenters. The van der Waals surface area contributed by atoms with Crippen LogP contribution in [0.5, 0.6) is 5.75 Å². The third-order valence-electron chi connectivity index (χ3n) is 5.04. The molecule has 130 valence electrons. The number of benzene rings is 1. The highest BCUT2D eigenvalue weighted by atomic mass is 35.5. The Kier molecular flexibility index (Phi) is 8.15. The number of phenols is 1. The van der Waals surface area contributed by atoms with Crippen molar-refractivity contribution >= 4 is 11.6 Å². The molecular formula is C20H31ClO2. The molecule has 0 aromatic heterocycles. The summed E-state index contributed by atoms with van der Waals surface area (Å²) in [5, 5.41) is 19.4. The highest BCUT2D eigenvalue weighted by Crippen LogP contribution is 2.49. The molecule has 1 aliphatic carbocycles. The van der Waals surface area contributed by atoms with Crippen molar-refractivity contribution in [1.29, 1.82) is 0 Å². The van der Waals surface area contributed by atoms with Crippen LogP contribution in [-0.4, -0.2) is 16.8 Å². The van der Waals surface area contributed by atoms with Gasteiger partial charge < -0.3 is 10.2 Å². The summed E-state index contributed by atoms with van der Waals surface area (Å²) in [6, 6.07) is 5.27. The molecular weight excluding hydrogens is 308 g/mol. The van der Waals surface area contributed by atoms with Crippen LogP contribution in [0.25, 0.3) is 0 Å². The van der Waals surface area contributed by atoms with Crippen LogP contribution in [0.2, 0.25) is 5.02 Å². The van der Waals surface area contributed by atoms with E-state index in [4.69, 9.17) is 11.6 Å². The molecule has 23 heavy (non-hydrogen) atoms. The Morgan fingerprint density at radius 2 is 1.96 bits per heavy atom. The maximum absolute atomic E-state index is 9.55. The van der Waals surface area contributed by atoms with Gasteiger partial charge in [0.2, 0.25) is 0 Å². The average Bonchev–Trinajstić information content (AvgIpc) is 2.51. The standard InChI is InChI=1S/C18H25ClO2.C2H6/c1-11(2)18-12(3)13(8-9-20)4-6-16(18)15-7-5-14(21)10-17(15)19;1-2/h5,7,10,12-13,16,18,20-21H,1,4,6,8-9H2,2-3H3;1-2H3. The van der Waals surface area contributed by atoms with E-state index in [2.05, 4.69) is 20.4 Å². The lowest BCUT2D eigenvalue weighted by atomic mass is 9.62. The molecule has 4 unspecified atom stereocenters. The molecule has 0 radical (unpaired) electrons. The molecule has 2 nitrogen and oxygen atoms in total. The van der Waals surface area contributed by atoms with Crippen molar-refractivity contribution in [3.8, 4) is 5.75 Å². The predicted octanol–water partition coefficient (Wildman–Crippen LogP) is 5.78. The molecule has 2 N–H and O–H groups in total. The summed E-state index contributed by atoms with van der Waals surface area (Å²) in [6.45, 7) is 12.8. The van der Waals surface area contributed by atoms with Crippen molar-refractivity contribution in [2.24, 2.45) is 17.8 Å². The lowest BCUT2D eigenvalue weighted by molar-refractivity contribution is 0.134. The third-order valence-corrected chi connectivity index (χ3v) is 5.37. The SMILES string of the molecule is C=C(C)C1C(c2ccc(O)cc2Cl)CCC(CCO)C1C.CC. The van der Waals surface area contributed by atoms with Crippen LogP contribution in [-0.2, 0) is 0 Å². The molecule has 0 saturated heterocycles. The first-order valence-electron chi connectivity index (χ1n) is 8.70. The summed E-state index contributed by atoms with van der Waals surface area (Å²) in [6.07, 6.45) is 3.02. The minimum absolute atomic E-state index is 0.206. The Hall–Kier alpha value is -0.990. The molecule has 0 amide bonds. The number of aliphatic hydroxyl groups is 1. The Bertz CT molecular complexity index is 512. The van der Waals surface area contributed by atoms with Crippen molar-refractivity contribution in [3.63, 3.8) is 0 Å². The molecule has 2 rings (SSSR count). The van der Waals surface area contributed by atoms with E-state index < -0.39 is 0 Å². The summed E-state index contributed by atoms with van der Waals surface area (Å²) >= 11 is 6.35. The van der Waals surface area contributed by atoms with Crippen LogP contribution in [0.3, 0.4) is 0 Å². The number of aromatic hydroxyl groups is 1. The van der Waals surface area contributed by atoms with Crippen LogP contribution < -0.4 is 0 Å². The van der Waals surface area contributed by atoms with Gasteiger partial charge in [0, 0.05) is 11.6 Å². The normalized spacial score (nSPS) is 27.0. The summed E-state index contributed by atoms with van der Waals surface area (Å²) in [4.78, 5) is 0. The maximum atomic E-state index is 9.55. The fraction of sp³-hybridized carbons (Fsp3) is 0.600. The summed E-state index contributed by atoms with van der Waals surface area (Å²) in [5.74, 6) is 1.96. The van der Waals surface area contributed by atoms with Crippen molar-refractivity contribution < 1.29 is 10.2 Å². The summed E-state index contributed by atoms with van der Waals surface area (Å²) < 4.78 is 0. The Labute approximate surface area is 146 Å². The molecule has 1 aromatic rings. The van der Waals surface area contributed by atoms with Crippen molar-refractivity contribution in [3.05, 3.63) is 40.9 Å². The fourth-order valence-corrected chi connectivity index (χ4v) is 4.34. The van der Waals surface area contributed by atoms with Crippen LogP contribution in [0.15, 0.2) is 30.4 Å². The molecule has 1 fully saturated rings. The van der Waals surface area contributed by atoms with E-state index >= 15 is 0 Å². The lowest BCUT2D eigenvalue weighted by Gasteiger charge is -2.42. The zero-order valence-electron chi connectivity index (χ0n) is 14.8. The monoisotopic (exact) mass is 338 g/mol. The van der Waals surface area contributed by atoms with Gasteiger partial charge in [0.1, 0.15) is 5.75 Å². The van der Waals surface area contributed by atoms with Gasteiger partial charge in [-0.05, 0) is 67.6 Å². The van der Waals surface area contributed by atoms with E-state index in [0.29, 0.717) is 28.7 Å². The first-order chi connectivity index (χ1) is 11.0. The number of phenolic OH excluding ortho intramolecular Hbond substituents is 1. The van der Waals surface area contributed by atoms with Gasteiger partial charge in [0.15, 0.2) is 0 Å². The molecule has 0 aliphatic heterocycles. The van der Waals surface area contributed by atoms with Gasteiger partial charge in [-0.25, -0.2) is 0 Å². The van der Waals surface area contributed by atoms with Crippen molar-refractivity contribution in [2.75, 3.05) is 6.61 Å². The van der Waals surface area contributed by atoms with Gasteiger partial charge in [-0.1, -0.05) is 50.6 Å². The highest BCUT2D eigenvalue weighted by molar-refractivity contribution is 6.31. The molecule has 0 bridgehead atoms. The zero-order chi connectivity index (χ0) is 17.6. The molecule has 0 heterocycles. The van der Waals surface area contributed by atoms with Crippen LogP contribution in [0.4, 0.5) is 0 Å². The van der Waals surface area contributed by atoms with E-state index in [1.54, 1.807) is 12.1 Å².